The fraction of sp³-hybridized carbons (Fsp3) is 1.00. The van der Waals surface area contributed by atoms with Gasteiger partial charge in [-0.15, -0.1) is 0 Å². The molecule has 0 radical (unpaired) electrons. The zero-order valence-corrected chi connectivity index (χ0v) is 8.00. The van der Waals surface area contributed by atoms with Crippen molar-refractivity contribution >= 4 is 0 Å². The molecule has 4 rings (SSSR count). The first-order valence-electron chi connectivity index (χ1n) is 5.24. The molecule has 4 aliphatic rings. The van der Waals surface area contributed by atoms with Crippen molar-refractivity contribution in [3.05, 3.63) is 0 Å². The standard InChI is InChI=1S/C9H12O6/c10-5-1-4(14-15-8-7(5)12-8)2-6-9(13-6)3-11-9/h4-8,10H,1-3H2. The van der Waals surface area contributed by atoms with Gasteiger partial charge in [-0.2, -0.15) is 0 Å². The molecule has 84 valence electrons. The van der Waals surface area contributed by atoms with Crippen LogP contribution in [0.25, 0.3) is 0 Å². The molecule has 15 heavy (non-hydrogen) atoms. The summed E-state index contributed by atoms with van der Waals surface area (Å²) in [5.41, 5.74) is 0. The Bertz CT molecular complexity index is 290. The molecule has 0 aliphatic carbocycles. The monoisotopic (exact) mass is 216 g/mol. The van der Waals surface area contributed by atoms with Crippen LogP contribution in [0.2, 0.25) is 0 Å². The highest BCUT2D eigenvalue weighted by molar-refractivity contribution is 5.05. The van der Waals surface area contributed by atoms with E-state index >= 15 is 0 Å². The van der Waals surface area contributed by atoms with Gasteiger partial charge in [0.1, 0.15) is 18.8 Å². The van der Waals surface area contributed by atoms with Crippen LogP contribution < -0.4 is 0 Å². The molecule has 6 atom stereocenters. The topological polar surface area (TPSA) is 76.3 Å². The first kappa shape index (κ1) is 8.86. The van der Waals surface area contributed by atoms with E-state index in [2.05, 4.69) is 0 Å². The van der Waals surface area contributed by atoms with E-state index in [0.29, 0.717) is 19.4 Å². The molecule has 6 heteroatoms. The summed E-state index contributed by atoms with van der Waals surface area (Å²) in [5, 5.41) is 9.69. The lowest BCUT2D eigenvalue weighted by Gasteiger charge is -2.14. The van der Waals surface area contributed by atoms with Gasteiger partial charge in [-0.3, -0.25) is 0 Å². The third kappa shape index (κ3) is 1.41. The summed E-state index contributed by atoms with van der Waals surface area (Å²) in [4.78, 5) is 10.2. The molecule has 0 saturated carbocycles. The number of ether oxygens (including phenoxy) is 3. The molecule has 4 aliphatic heterocycles. The molecule has 4 fully saturated rings. The molecule has 0 aromatic rings. The highest BCUT2D eigenvalue weighted by Crippen LogP contribution is 2.51. The zero-order valence-electron chi connectivity index (χ0n) is 8.00. The maximum absolute atomic E-state index is 9.69. The first-order valence-corrected chi connectivity index (χ1v) is 5.24. The molecule has 0 aromatic carbocycles. The Labute approximate surface area is 85.9 Å². The van der Waals surface area contributed by atoms with Gasteiger partial charge in [-0.05, 0) is 0 Å². The van der Waals surface area contributed by atoms with Crippen LogP contribution in [-0.4, -0.2) is 48.2 Å². The molecule has 1 spiro atoms. The lowest BCUT2D eigenvalue weighted by atomic mass is 10.0. The number of hydrogen-bond acceptors (Lipinski definition) is 6. The van der Waals surface area contributed by atoms with Crippen LogP contribution in [-0.2, 0) is 24.0 Å². The minimum Gasteiger partial charge on any atom is -0.390 e. The number of fused-ring (bicyclic) bond motifs is 1. The predicted octanol–water partition coefficient (Wildman–Crippen LogP) is -0.692. The number of rotatable bonds is 2. The quantitative estimate of drug-likeness (QED) is 0.486. The van der Waals surface area contributed by atoms with Gasteiger partial charge in [0.05, 0.1) is 12.2 Å². The second kappa shape index (κ2) is 2.71. The average Bonchev–Trinajstić information content (AvgIpc) is 3.02. The second-order valence-corrected chi connectivity index (χ2v) is 4.53. The molecule has 0 aromatic heterocycles. The molecule has 4 saturated heterocycles. The summed E-state index contributed by atoms with van der Waals surface area (Å²) in [6, 6.07) is 0. The zero-order chi connectivity index (χ0) is 10.0. The smallest absolute Gasteiger partial charge is 0.220 e. The molecule has 6 unspecified atom stereocenters. The summed E-state index contributed by atoms with van der Waals surface area (Å²) >= 11 is 0. The average molecular weight is 216 g/mol. The van der Waals surface area contributed by atoms with Crippen LogP contribution in [0.15, 0.2) is 0 Å². The van der Waals surface area contributed by atoms with Crippen LogP contribution >= 0.6 is 0 Å². The van der Waals surface area contributed by atoms with E-state index in [9.17, 15) is 5.11 Å². The predicted molar refractivity (Wildman–Crippen MR) is 43.4 cm³/mol. The lowest BCUT2D eigenvalue weighted by molar-refractivity contribution is -0.347. The van der Waals surface area contributed by atoms with E-state index in [1.807, 2.05) is 0 Å². The van der Waals surface area contributed by atoms with Crippen molar-refractivity contribution in [2.75, 3.05) is 6.61 Å². The number of hydrogen-bond donors (Lipinski definition) is 1. The van der Waals surface area contributed by atoms with Crippen molar-refractivity contribution in [2.24, 2.45) is 0 Å². The van der Waals surface area contributed by atoms with Gasteiger partial charge >= 0.3 is 0 Å². The fourth-order valence-electron chi connectivity index (χ4n) is 2.17. The van der Waals surface area contributed by atoms with E-state index in [4.69, 9.17) is 24.0 Å². The van der Waals surface area contributed by atoms with Crippen LogP contribution in [0.5, 0.6) is 0 Å². The van der Waals surface area contributed by atoms with Crippen LogP contribution in [0, 0.1) is 0 Å². The number of aliphatic hydroxyl groups excluding tert-OH is 1. The van der Waals surface area contributed by atoms with Crippen molar-refractivity contribution < 1.29 is 29.1 Å². The Morgan fingerprint density at radius 3 is 2.93 bits per heavy atom. The number of aliphatic hydroxyl groups is 1. The number of epoxide rings is 3. The lowest BCUT2D eigenvalue weighted by Crippen LogP contribution is -2.23. The van der Waals surface area contributed by atoms with E-state index in [0.717, 1.165) is 0 Å². The minimum absolute atomic E-state index is 0.105. The van der Waals surface area contributed by atoms with Crippen LogP contribution in [0.4, 0.5) is 0 Å². The SMILES string of the molecule is OC1CC(CC2OC23CO3)OOC2OC12. The summed E-state index contributed by atoms with van der Waals surface area (Å²) in [6.07, 6.45) is 0.113. The molecule has 1 N–H and O–H groups in total. The molecule has 0 amide bonds. The van der Waals surface area contributed by atoms with Crippen molar-refractivity contribution in [3.8, 4) is 0 Å². The van der Waals surface area contributed by atoms with Gasteiger partial charge in [0.25, 0.3) is 0 Å². The first-order chi connectivity index (χ1) is 7.27. The highest BCUT2D eigenvalue weighted by Gasteiger charge is 2.69. The third-order valence-electron chi connectivity index (χ3n) is 3.33. The molecule has 4 heterocycles. The molecular formula is C9H12O6. The Hall–Kier alpha value is -0.240. The Morgan fingerprint density at radius 2 is 2.20 bits per heavy atom. The normalized spacial score (nSPS) is 61.0. The highest BCUT2D eigenvalue weighted by atomic mass is 17.2. The maximum atomic E-state index is 9.69. The van der Waals surface area contributed by atoms with Crippen molar-refractivity contribution in [2.45, 2.75) is 49.3 Å². The van der Waals surface area contributed by atoms with Crippen molar-refractivity contribution in [1.82, 2.24) is 0 Å². The van der Waals surface area contributed by atoms with Gasteiger partial charge in [0, 0.05) is 12.8 Å². The summed E-state index contributed by atoms with van der Waals surface area (Å²) < 4.78 is 15.5. The van der Waals surface area contributed by atoms with Gasteiger partial charge < -0.3 is 19.3 Å². The molecular weight excluding hydrogens is 204 g/mol. The summed E-state index contributed by atoms with van der Waals surface area (Å²) in [7, 11) is 0. The Kier molecular flexibility index (Phi) is 1.60. The van der Waals surface area contributed by atoms with E-state index in [1.54, 1.807) is 0 Å². The van der Waals surface area contributed by atoms with E-state index in [1.165, 1.54) is 0 Å². The third-order valence-corrected chi connectivity index (χ3v) is 3.33. The van der Waals surface area contributed by atoms with Crippen molar-refractivity contribution in [1.29, 1.82) is 0 Å². The molecule has 6 nitrogen and oxygen atoms in total. The van der Waals surface area contributed by atoms with Gasteiger partial charge in [0.15, 0.2) is 0 Å². The Morgan fingerprint density at radius 1 is 1.33 bits per heavy atom. The van der Waals surface area contributed by atoms with Crippen LogP contribution in [0.1, 0.15) is 12.8 Å². The molecule has 0 bridgehead atoms. The largest absolute Gasteiger partial charge is 0.390 e. The fourth-order valence-corrected chi connectivity index (χ4v) is 2.17. The minimum atomic E-state index is -0.502. The maximum Gasteiger partial charge on any atom is 0.220 e. The second-order valence-electron chi connectivity index (χ2n) is 4.53. The summed E-state index contributed by atoms with van der Waals surface area (Å²) in [5.74, 6) is -0.292. The van der Waals surface area contributed by atoms with Gasteiger partial charge in [0.2, 0.25) is 12.1 Å². The van der Waals surface area contributed by atoms with Crippen molar-refractivity contribution in [3.63, 3.8) is 0 Å². The van der Waals surface area contributed by atoms with Gasteiger partial charge in [-0.1, -0.05) is 0 Å². The van der Waals surface area contributed by atoms with Crippen LogP contribution in [0.3, 0.4) is 0 Å². The summed E-state index contributed by atoms with van der Waals surface area (Å²) in [6.45, 7) is 0.683. The van der Waals surface area contributed by atoms with Gasteiger partial charge in [-0.25, -0.2) is 9.78 Å². The Balaban J connectivity index is 1.36. The van der Waals surface area contributed by atoms with E-state index in [-0.39, 0.29) is 30.4 Å². The van der Waals surface area contributed by atoms with E-state index < -0.39 is 6.10 Å².